The lowest BCUT2D eigenvalue weighted by Crippen LogP contribution is -2.38. The van der Waals surface area contributed by atoms with E-state index in [0.29, 0.717) is 13.0 Å². The lowest BCUT2D eigenvalue weighted by molar-refractivity contribution is -0.129. The third-order valence-corrected chi connectivity index (χ3v) is 7.99. The molecule has 2 amide bonds. The van der Waals surface area contributed by atoms with Gasteiger partial charge in [-0.05, 0) is 47.2 Å². The van der Waals surface area contributed by atoms with Crippen molar-refractivity contribution < 1.29 is 18.0 Å². The summed E-state index contributed by atoms with van der Waals surface area (Å²) < 4.78 is 23.4. The second kappa shape index (κ2) is 6.69. The first-order valence-corrected chi connectivity index (χ1v) is 11.7. The summed E-state index contributed by atoms with van der Waals surface area (Å²) in [6.07, 6.45) is 1.45. The molecule has 2 unspecified atom stereocenters. The van der Waals surface area contributed by atoms with E-state index in [0.717, 1.165) is 12.1 Å². The number of sulfone groups is 1. The van der Waals surface area contributed by atoms with Gasteiger partial charge >= 0.3 is 0 Å². The van der Waals surface area contributed by atoms with E-state index < -0.39 is 15.8 Å². The van der Waals surface area contributed by atoms with Crippen molar-refractivity contribution in [2.24, 2.45) is 5.92 Å². The molecular weight excluding hydrogens is 388 g/mol. The topological polar surface area (TPSA) is 83.6 Å². The number of likely N-dealkylation sites (tertiary alicyclic amines) is 1. The van der Waals surface area contributed by atoms with E-state index in [1.165, 1.54) is 22.3 Å². The van der Waals surface area contributed by atoms with E-state index in [9.17, 15) is 18.0 Å². The van der Waals surface area contributed by atoms with Crippen LogP contribution in [0.3, 0.4) is 0 Å². The molecule has 5 rings (SSSR count). The molecule has 0 saturated carbocycles. The first-order chi connectivity index (χ1) is 13.9. The van der Waals surface area contributed by atoms with Crippen LogP contribution in [0.15, 0.2) is 42.5 Å². The smallest absolute Gasteiger partial charge is 0.229 e. The minimum atomic E-state index is -3.07. The molecule has 0 bridgehead atoms. The summed E-state index contributed by atoms with van der Waals surface area (Å²) in [5, 5.41) is 2.95. The maximum absolute atomic E-state index is 12.8. The van der Waals surface area contributed by atoms with Gasteiger partial charge in [0.25, 0.3) is 0 Å². The predicted molar refractivity (Wildman–Crippen MR) is 110 cm³/mol. The summed E-state index contributed by atoms with van der Waals surface area (Å²) in [6, 6.07) is 13.9. The van der Waals surface area contributed by atoms with Crippen LogP contribution in [0.4, 0.5) is 5.69 Å². The summed E-state index contributed by atoms with van der Waals surface area (Å²) in [5.41, 5.74) is 5.64. The van der Waals surface area contributed by atoms with Crippen LogP contribution in [0.25, 0.3) is 11.1 Å². The molecule has 0 aromatic heterocycles. The van der Waals surface area contributed by atoms with Crippen molar-refractivity contribution in [2.45, 2.75) is 25.3 Å². The van der Waals surface area contributed by atoms with Gasteiger partial charge in [-0.1, -0.05) is 30.3 Å². The normalized spacial score (nSPS) is 24.4. The van der Waals surface area contributed by atoms with Crippen molar-refractivity contribution in [2.75, 3.05) is 23.4 Å². The number of hydrogen-bond acceptors (Lipinski definition) is 4. The molecule has 29 heavy (non-hydrogen) atoms. The summed E-state index contributed by atoms with van der Waals surface area (Å²) in [7, 11) is -3.07. The molecule has 3 aliphatic rings. The molecular formula is C22H22N2O4S. The molecule has 0 spiro atoms. The summed E-state index contributed by atoms with van der Waals surface area (Å²) >= 11 is 0. The van der Waals surface area contributed by atoms with Gasteiger partial charge in [0.05, 0.1) is 17.4 Å². The average molecular weight is 410 g/mol. The SMILES string of the molecule is O=C(Nc1ccc2c(c1)Cc1ccccc1-2)C1CC(=O)N(C2CCS(=O)(=O)C2)C1. The number of amides is 2. The Bertz CT molecular complexity index is 1130. The first-order valence-electron chi connectivity index (χ1n) is 9.91. The fourth-order valence-electron chi connectivity index (χ4n) is 4.75. The number of fused-ring (bicyclic) bond motifs is 3. The zero-order valence-electron chi connectivity index (χ0n) is 15.9. The number of nitrogens with one attached hydrogen (secondary N) is 1. The molecule has 6 nitrogen and oxygen atoms in total. The molecule has 150 valence electrons. The largest absolute Gasteiger partial charge is 0.338 e. The van der Waals surface area contributed by atoms with Gasteiger partial charge in [-0.25, -0.2) is 8.42 Å². The number of rotatable bonds is 3. The van der Waals surface area contributed by atoms with E-state index in [1.807, 2.05) is 30.3 Å². The van der Waals surface area contributed by atoms with Crippen molar-refractivity contribution in [3.05, 3.63) is 53.6 Å². The molecule has 2 fully saturated rings. The quantitative estimate of drug-likeness (QED) is 0.718. The zero-order chi connectivity index (χ0) is 20.2. The van der Waals surface area contributed by atoms with Crippen LogP contribution in [-0.2, 0) is 25.8 Å². The Kier molecular flexibility index (Phi) is 4.24. The van der Waals surface area contributed by atoms with E-state index in [2.05, 4.69) is 17.4 Å². The highest BCUT2D eigenvalue weighted by atomic mass is 32.2. The van der Waals surface area contributed by atoms with E-state index in [1.54, 1.807) is 4.90 Å². The molecule has 1 aliphatic carbocycles. The van der Waals surface area contributed by atoms with Crippen LogP contribution in [-0.4, -0.2) is 49.2 Å². The number of anilines is 1. The van der Waals surface area contributed by atoms with Crippen LogP contribution < -0.4 is 5.32 Å². The van der Waals surface area contributed by atoms with E-state index in [-0.39, 0.29) is 35.8 Å². The fraction of sp³-hybridized carbons (Fsp3) is 0.364. The van der Waals surface area contributed by atoms with Crippen molar-refractivity contribution >= 4 is 27.3 Å². The number of hydrogen-bond donors (Lipinski definition) is 1. The van der Waals surface area contributed by atoms with E-state index >= 15 is 0 Å². The molecule has 2 heterocycles. The molecule has 2 aliphatic heterocycles. The highest BCUT2D eigenvalue weighted by molar-refractivity contribution is 7.91. The highest BCUT2D eigenvalue weighted by Crippen LogP contribution is 2.37. The van der Waals surface area contributed by atoms with Gasteiger partial charge < -0.3 is 10.2 Å². The van der Waals surface area contributed by atoms with Crippen molar-refractivity contribution in [3.8, 4) is 11.1 Å². The van der Waals surface area contributed by atoms with Gasteiger partial charge in [0.2, 0.25) is 11.8 Å². The monoisotopic (exact) mass is 410 g/mol. The minimum absolute atomic E-state index is 0.0124. The fourth-order valence-corrected chi connectivity index (χ4v) is 6.48. The molecule has 2 aromatic carbocycles. The summed E-state index contributed by atoms with van der Waals surface area (Å²) in [6.45, 7) is 0.293. The first kappa shape index (κ1) is 18.4. The standard InChI is InChI=1S/C22H22N2O4S/c25-21-11-16(12-24(21)18-7-8-29(27,28)13-18)22(26)23-17-5-6-20-15(10-17)9-14-3-1-2-4-19(14)20/h1-6,10,16,18H,7-9,11-13H2,(H,23,26). The third-order valence-electron chi connectivity index (χ3n) is 6.24. The lowest BCUT2D eigenvalue weighted by atomic mass is 10.0. The van der Waals surface area contributed by atoms with Crippen LogP contribution >= 0.6 is 0 Å². The van der Waals surface area contributed by atoms with Gasteiger partial charge in [0.1, 0.15) is 0 Å². The maximum atomic E-state index is 12.8. The van der Waals surface area contributed by atoms with Crippen LogP contribution in [0.1, 0.15) is 24.0 Å². The molecule has 2 saturated heterocycles. The van der Waals surface area contributed by atoms with Gasteiger partial charge in [-0.15, -0.1) is 0 Å². The van der Waals surface area contributed by atoms with Gasteiger partial charge in [-0.3, -0.25) is 9.59 Å². The Morgan fingerprint density at radius 3 is 2.66 bits per heavy atom. The Morgan fingerprint density at radius 2 is 1.86 bits per heavy atom. The minimum Gasteiger partial charge on any atom is -0.338 e. The number of carbonyl (C=O) groups excluding carboxylic acids is 2. The zero-order valence-corrected chi connectivity index (χ0v) is 16.7. The molecule has 0 radical (unpaired) electrons. The van der Waals surface area contributed by atoms with Crippen LogP contribution in [0.2, 0.25) is 0 Å². The van der Waals surface area contributed by atoms with Gasteiger partial charge in [-0.2, -0.15) is 0 Å². The summed E-state index contributed by atoms with van der Waals surface area (Å²) in [4.78, 5) is 26.7. The van der Waals surface area contributed by atoms with Gasteiger partial charge in [0.15, 0.2) is 9.84 Å². The van der Waals surface area contributed by atoms with Crippen LogP contribution in [0, 0.1) is 5.92 Å². The molecule has 2 aromatic rings. The van der Waals surface area contributed by atoms with Crippen molar-refractivity contribution in [1.29, 1.82) is 0 Å². The number of nitrogens with zero attached hydrogens (tertiary/aromatic N) is 1. The number of benzene rings is 2. The molecule has 2 atom stereocenters. The third kappa shape index (κ3) is 3.33. The second-order valence-electron chi connectivity index (χ2n) is 8.20. The summed E-state index contributed by atoms with van der Waals surface area (Å²) in [5.74, 6) is -0.626. The Morgan fingerprint density at radius 1 is 1.07 bits per heavy atom. The Balaban J connectivity index is 1.27. The van der Waals surface area contributed by atoms with Crippen molar-refractivity contribution in [3.63, 3.8) is 0 Å². The Labute approximate surface area is 169 Å². The van der Waals surface area contributed by atoms with E-state index in [4.69, 9.17) is 0 Å². The van der Waals surface area contributed by atoms with Crippen molar-refractivity contribution in [1.82, 2.24) is 4.90 Å². The highest BCUT2D eigenvalue weighted by Gasteiger charge is 2.41. The van der Waals surface area contributed by atoms with Crippen LogP contribution in [0.5, 0.6) is 0 Å². The second-order valence-corrected chi connectivity index (χ2v) is 10.4. The molecule has 1 N–H and O–H groups in total. The predicted octanol–water partition coefficient (Wildman–Crippen LogP) is 2.23. The maximum Gasteiger partial charge on any atom is 0.229 e. The Hall–Kier alpha value is -2.67. The van der Waals surface area contributed by atoms with Gasteiger partial charge in [0, 0.05) is 24.7 Å². The number of carbonyl (C=O) groups is 2. The average Bonchev–Trinajstić information content (AvgIpc) is 3.35. The lowest BCUT2D eigenvalue weighted by Gasteiger charge is -2.23. The molecule has 7 heteroatoms.